The van der Waals surface area contributed by atoms with E-state index in [2.05, 4.69) is 31.9 Å². The van der Waals surface area contributed by atoms with E-state index >= 15 is 8.63 Å². The minimum Gasteiger partial charge on any atom is -0.481 e. The van der Waals surface area contributed by atoms with Crippen LogP contribution < -0.4 is 37.6 Å². The Morgan fingerprint density at radius 2 is 1.32 bits per heavy atom. The molecule has 4 heterocycles. The van der Waals surface area contributed by atoms with Gasteiger partial charge in [-0.05, 0) is 99.5 Å². The van der Waals surface area contributed by atoms with Gasteiger partial charge in [0.05, 0.1) is 29.7 Å². The molecule has 3 aliphatic rings. The number of unbranched alkanes of at least 4 members (excludes halogenated alkanes) is 3. The maximum atomic E-state index is 15.9. The topological polar surface area (TPSA) is 412 Å². The van der Waals surface area contributed by atoms with Crippen LogP contribution in [0.5, 0.6) is 0 Å². The van der Waals surface area contributed by atoms with E-state index in [1.807, 2.05) is 0 Å². The largest absolute Gasteiger partial charge is 0.737 e. The molecule has 99 heavy (non-hydrogen) atoms. The third-order valence-corrected chi connectivity index (χ3v) is 18.6. The molecule has 1 aromatic heterocycles. The first-order valence-electron chi connectivity index (χ1n) is 32.7. The minimum absolute atomic E-state index is 0.00966. The molecule has 0 saturated carbocycles. The number of carboxylic acid groups (broad SMARTS) is 4. The van der Waals surface area contributed by atoms with Crippen molar-refractivity contribution in [3.63, 3.8) is 0 Å². The number of nitrogens with two attached hydrogens (primary N) is 1. The van der Waals surface area contributed by atoms with Gasteiger partial charge in [0.2, 0.25) is 35.4 Å². The van der Waals surface area contributed by atoms with Crippen molar-refractivity contribution in [1.82, 2.24) is 41.3 Å². The van der Waals surface area contributed by atoms with Gasteiger partial charge < -0.3 is 75.7 Å². The second-order valence-electron chi connectivity index (χ2n) is 24.7. The van der Waals surface area contributed by atoms with E-state index in [9.17, 15) is 77.6 Å². The zero-order chi connectivity index (χ0) is 72.5. The number of hydrogen-bond donors (Lipinski definition) is 11. The lowest BCUT2D eigenvalue weighted by atomic mass is 9.89. The van der Waals surface area contributed by atoms with Crippen molar-refractivity contribution in [3.05, 3.63) is 113 Å². The number of thioether (sulfide) groups is 1. The fraction of sp³-hybridized carbons (Fsp3) is 0.478. The van der Waals surface area contributed by atoms with Crippen LogP contribution in [-0.2, 0) is 75.2 Å². The van der Waals surface area contributed by atoms with Gasteiger partial charge in [0.1, 0.15) is 23.6 Å². The fourth-order valence-electron chi connectivity index (χ4n) is 11.7. The van der Waals surface area contributed by atoms with E-state index in [1.54, 1.807) is 92.7 Å². The Morgan fingerprint density at radius 1 is 0.677 bits per heavy atom. The molecule has 6 rings (SSSR count). The predicted octanol–water partition coefficient (Wildman–Crippen LogP) is 3.54. The quantitative estimate of drug-likeness (QED) is 0.0167. The zero-order valence-electron chi connectivity index (χ0n) is 55.1. The second kappa shape index (κ2) is 38.2. The maximum absolute atomic E-state index is 15.9. The van der Waals surface area contributed by atoms with E-state index in [0.717, 1.165) is 25.6 Å². The molecule has 2 aromatic carbocycles. The number of aliphatic carboxylic acids is 4. The standard InChI is InChI=1S/C67H85BF2N10O17S2/c1-40-30-41(2)79-53(40)35-47-22-21-46(80(47)68(79,69)70)23-26-57(84)72-28-29-78-59(86)37-56(64(78)93)99-39-45(65(94)95)34-55(83)52(36-61(89)90)76-63(92)49(71)38-74-62(91)44(31-42-14-6-3-7-15-42)33-54(82)51(32-43-16-8-4-9-17-43)75-58(85)19-12-11-18-48(81)24-25-50(66(96)97)77-67(98)73-27-13-5-10-20-60(87)88/h3-4,6-9,14-17,21-22,30,35,44-45,49-52,56H,5,10-13,18-20,23-29,31-34,36-39,71H2,1-2H3,(H,72,84)(H,74,91)(H,75,85)(H,76,92)(H,87,88)(H,89,90)(H,94,95)(H,96,97)(H2,73,77,98)/t44-,45+,49+,50+,51+,52+,56?/m1/s1. The number of aryl methyl sites for hydroxylation is 2. The Labute approximate surface area is 580 Å². The Kier molecular flexibility index (Phi) is 30.3. The lowest BCUT2D eigenvalue weighted by Crippen LogP contribution is -2.53. The van der Waals surface area contributed by atoms with Gasteiger partial charge in [-0.15, -0.1) is 11.8 Å². The molecule has 0 radical (unpaired) electrons. The van der Waals surface area contributed by atoms with Crippen LogP contribution in [0.2, 0.25) is 0 Å². The van der Waals surface area contributed by atoms with Crippen molar-refractivity contribution in [1.29, 1.82) is 0 Å². The van der Waals surface area contributed by atoms with Crippen LogP contribution in [0, 0.1) is 25.7 Å². The summed E-state index contributed by atoms with van der Waals surface area (Å²) in [6.07, 6.45) is 4.10. The number of carbonyl (C=O) groups is 13. The highest BCUT2D eigenvalue weighted by atomic mass is 32.2. The molecule has 534 valence electrons. The number of nitrogens with one attached hydrogen (secondary N) is 6. The molecule has 12 N–H and O–H groups in total. The van der Waals surface area contributed by atoms with Crippen LogP contribution in [0.25, 0.3) is 6.08 Å². The molecule has 6 amide bonds. The SMILES string of the molecule is Cc1cc(C)n2c1C=C1C=CC(CCC(=O)NCCN3C(=O)CC(SC[C@H](CC(=O)[C@H](CC(=O)O)NC(=O)[C@@H](N)CNC(=O)[C@@H](CC(=O)[C@H](Cc4ccccc4)NC(=O)CCCCC(=O)CC[C@H](NC(=S)NCCCCCC(=O)O)C(=O)O)Cc4ccccc4)C(=O)O)C3=O)=[N+]1[B-]2(F)F. The smallest absolute Gasteiger partial charge is 0.481 e. The van der Waals surface area contributed by atoms with Crippen LogP contribution in [0.15, 0.2) is 84.6 Å². The van der Waals surface area contributed by atoms with Crippen LogP contribution in [-0.4, -0.2) is 190 Å². The molecule has 1 unspecified atom stereocenters. The summed E-state index contributed by atoms with van der Waals surface area (Å²) in [5, 5.41) is 53.2. The lowest BCUT2D eigenvalue weighted by molar-refractivity contribution is -0.362. The van der Waals surface area contributed by atoms with Crippen molar-refractivity contribution in [2.75, 3.05) is 31.9 Å². The van der Waals surface area contributed by atoms with Gasteiger partial charge in [0, 0.05) is 120 Å². The van der Waals surface area contributed by atoms with Crippen molar-refractivity contribution in [2.24, 2.45) is 17.6 Å². The highest BCUT2D eigenvalue weighted by Gasteiger charge is 2.52. The number of hydrogen-bond acceptors (Lipinski definition) is 16. The lowest BCUT2D eigenvalue weighted by Gasteiger charge is -2.30. The summed E-state index contributed by atoms with van der Waals surface area (Å²) < 4.78 is 33.6. The first kappa shape index (κ1) is 78.7. The summed E-state index contributed by atoms with van der Waals surface area (Å²) in [6.45, 7) is -1.51. The number of imide groups is 1. The minimum atomic E-state index is -4.24. The molecule has 0 bridgehead atoms. The number of benzene rings is 2. The Morgan fingerprint density at radius 3 is 1.98 bits per heavy atom. The monoisotopic (exact) mass is 1410 g/mol. The third kappa shape index (κ3) is 24.3. The molecule has 0 spiro atoms. The highest BCUT2D eigenvalue weighted by molar-refractivity contribution is 8.00. The van der Waals surface area contributed by atoms with Crippen LogP contribution in [0.3, 0.4) is 0 Å². The van der Waals surface area contributed by atoms with Crippen LogP contribution in [0.4, 0.5) is 8.63 Å². The van der Waals surface area contributed by atoms with Gasteiger partial charge in [0.25, 0.3) is 0 Å². The van der Waals surface area contributed by atoms with E-state index in [0.29, 0.717) is 59.6 Å². The molecular formula is C67H85BF2N10O17S2. The molecule has 0 aliphatic carbocycles. The van der Waals surface area contributed by atoms with Crippen molar-refractivity contribution in [2.45, 2.75) is 159 Å². The number of carboxylic acids is 4. The number of ketones is 3. The number of aromatic nitrogens is 1. The number of Topliss-reactive ketones (excluding diaryl/α,β-unsaturated/α-hetero) is 3. The van der Waals surface area contributed by atoms with Crippen molar-refractivity contribution >= 4 is 125 Å². The van der Waals surface area contributed by atoms with Crippen LogP contribution in [0.1, 0.15) is 131 Å². The Hall–Kier alpha value is -9.30. The second-order valence-corrected chi connectivity index (χ2v) is 26.3. The molecular weight excluding hydrogens is 1330 g/mol. The fourth-order valence-corrected chi connectivity index (χ4v) is 13.2. The Bertz CT molecular complexity index is 3610. The predicted molar refractivity (Wildman–Crippen MR) is 365 cm³/mol. The summed E-state index contributed by atoms with van der Waals surface area (Å²) in [7, 11) is 0. The zero-order valence-corrected chi connectivity index (χ0v) is 56.7. The third-order valence-electron chi connectivity index (χ3n) is 17.0. The number of allylic oxidation sites excluding steroid dienone is 2. The normalized spacial score (nSPS) is 16.2. The molecule has 3 aliphatic heterocycles. The number of fused-ring (bicyclic) bond motifs is 2. The molecule has 3 aromatic rings. The number of carbonyl (C=O) groups excluding carboxylic acids is 9. The van der Waals surface area contributed by atoms with E-state index in [4.69, 9.17) is 23.1 Å². The molecule has 7 atom stereocenters. The highest BCUT2D eigenvalue weighted by Crippen LogP contribution is 2.35. The number of likely N-dealkylation sites (tertiary alicyclic amines) is 1. The van der Waals surface area contributed by atoms with Gasteiger partial charge in [-0.3, -0.25) is 62.4 Å². The first-order valence-corrected chi connectivity index (χ1v) is 34.2. The van der Waals surface area contributed by atoms with Gasteiger partial charge in [-0.1, -0.05) is 67.1 Å². The first-order chi connectivity index (χ1) is 47.0. The van der Waals surface area contributed by atoms with Gasteiger partial charge in [-0.2, -0.15) is 0 Å². The molecule has 27 nitrogen and oxygen atoms in total. The average molecular weight is 1420 g/mol. The van der Waals surface area contributed by atoms with E-state index in [-0.39, 0.29) is 107 Å². The van der Waals surface area contributed by atoms with Gasteiger partial charge >= 0.3 is 30.8 Å². The number of rotatable bonds is 44. The molecule has 32 heteroatoms. The van der Waals surface area contributed by atoms with Gasteiger partial charge in [0.15, 0.2) is 22.4 Å². The van der Waals surface area contributed by atoms with Crippen molar-refractivity contribution in [3.8, 4) is 0 Å². The van der Waals surface area contributed by atoms with Crippen LogP contribution >= 0.6 is 24.0 Å². The number of amides is 6. The van der Waals surface area contributed by atoms with Gasteiger partial charge in [-0.25, -0.2) is 4.79 Å². The summed E-state index contributed by atoms with van der Waals surface area (Å²) in [5.41, 5.74) is 9.57. The van der Waals surface area contributed by atoms with Crippen molar-refractivity contribution < 1.29 is 95.9 Å². The summed E-state index contributed by atoms with van der Waals surface area (Å²) in [4.78, 5) is 169. The summed E-state index contributed by atoms with van der Waals surface area (Å²) in [5.74, 6) is -14.2. The Balaban J connectivity index is 0.964. The molecule has 1 fully saturated rings. The average Bonchev–Trinajstić information content (AvgIpc) is 1.59. The number of thiocarbonyl (C=S) groups is 1. The number of halogens is 2. The summed E-state index contributed by atoms with van der Waals surface area (Å²) in [6, 6.07) is 13.4. The van der Waals surface area contributed by atoms with E-state index < -0.39 is 151 Å². The van der Waals surface area contributed by atoms with E-state index in [1.165, 1.54) is 6.08 Å². The summed E-state index contributed by atoms with van der Waals surface area (Å²) >= 11 is 5.97. The maximum Gasteiger partial charge on any atom is 0.737 e. The number of nitrogens with zero attached hydrogens (tertiary/aromatic N) is 3. The molecule has 1 saturated heterocycles.